The number of carbonyl (C=O) groups excluding carboxylic acids is 2. The van der Waals surface area contributed by atoms with E-state index in [1.807, 2.05) is 31.2 Å². The highest BCUT2D eigenvalue weighted by molar-refractivity contribution is 5.84. The van der Waals surface area contributed by atoms with Gasteiger partial charge in [-0.15, -0.1) is 0 Å². The van der Waals surface area contributed by atoms with Crippen LogP contribution in [0.5, 0.6) is 0 Å². The smallest absolute Gasteiger partial charge is 0.407 e. The number of carboxylic acid groups (broad SMARTS) is 1. The molecule has 0 saturated carbocycles. The van der Waals surface area contributed by atoms with E-state index in [0.29, 0.717) is 6.42 Å². The Balaban J connectivity index is 1.55. The molecule has 0 bridgehead atoms. The minimum atomic E-state index is -1.07. The van der Waals surface area contributed by atoms with Crippen molar-refractivity contribution in [2.24, 2.45) is 5.41 Å². The van der Waals surface area contributed by atoms with Gasteiger partial charge in [0.15, 0.2) is 0 Å². The standard InChI is InChI=1S/C25H28N2O5/c1-3-25(2,23(30)26-14-8-13-22(28)29)16-27-24(31)32-15-21-19-11-6-4-9-17(19)18-10-5-7-12-20(18)21/h4-13,21H,3,14-16H2,1-2H3,(H,26,30)(H,27,31)(H,28,29)/b13-8+. The van der Waals surface area contributed by atoms with Crippen LogP contribution in [0.3, 0.4) is 0 Å². The van der Waals surface area contributed by atoms with Gasteiger partial charge in [0, 0.05) is 25.1 Å². The number of amides is 2. The van der Waals surface area contributed by atoms with Gasteiger partial charge in [0.1, 0.15) is 6.61 Å². The van der Waals surface area contributed by atoms with Gasteiger partial charge >= 0.3 is 12.1 Å². The van der Waals surface area contributed by atoms with Crippen molar-refractivity contribution in [3.05, 3.63) is 71.8 Å². The molecule has 7 heteroatoms. The highest BCUT2D eigenvalue weighted by atomic mass is 16.5. The summed E-state index contributed by atoms with van der Waals surface area (Å²) in [5.74, 6) is -1.38. The van der Waals surface area contributed by atoms with E-state index in [-0.39, 0.29) is 31.5 Å². The number of nitrogens with one attached hydrogen (secondary N) is 2. The summed E-state index contributed by atoms with van der Waals surface area (Å²) < 4.78 is 5.53. The van der Waals surface area contributed by atoms with Gasteiger partial charge in [-0.25, -0.2) is 9.59 Å². The molecule has 168 valence electrons. The van der Waals surface area contributed by atoms with Crippen LogP contribution < -0.4 is 10.6 Å². The lowest BCUT2D eigenvalue weighted by Crippen LogP contribution is -2.46. The second-order valence-corrected chi connectivity index (χ2v) is 8.04. The molecule has 1 aliphatic rings. The highest BCUT2D eigenvalue weighted by Crippen LogP contribution is 2.44. The predicted molar refractivity (Wildman–Crippen MR) is 121 cm³/mol. The fourth-order valence-electron chi connectivity index (χ4n) is 3.81. The largest absolute Gasteiger partial charge is 0.478 e. The van der Waals surface area contributed by atoms with Crippen LogP contribution in [0.2, 0.25) is 0 Å². The highest BCUT2D eigenvalue weighted by Gasteiger charge is 2.32. The molecule has 0 fully saturated rings. The quantitative estimate of drug-likeness (QED) is 0.520. The average Bonchev–Trinajstić information content (AvgIpc) is 3.12. The van der Waals surface area contributed by atoms with Crippen molar-refractivity contribution in [1.82, 2.24) is 10.6 Å². The number of hydrogen-bond donors (Lipinski definition) is 3. The molecule has 0 heterocycles. The van der Waals surface area contributed by atoms with Crippen molar-refractivity contribution >= 4 is 18.0 Å². The van der Waals surface area contributed by atoms with Crippen molar-refractivity contribution in [2.45, 2.75) is 26.2 Å². The molecule has 0 spiro atoms. The normalized spacial score (nSPS) is 14.3. The maximum absolute atomic E-state index is 12.5. The van der Waals surface area contributed by atoms with Gasteiger partial charge in [0.25, 0.3) is 0 Å². The maximum Gasteiger partial charge on any atom is 0.407 e. The summed E-state index contributed by atoms with van der Waals surface area (Å²) in [6.07, 6.45) is 2.24. The van der Waals surface area contributed by atoms with Gasteiger partial charge in [-0.1, -0.05) is 61.5 Å². The minimum absolute atomic E-state index is 0.0324. The molecule has 7 nitrogen and oxygen atoms in total. The van der Waals surface area contributed by atoms with Gasteiger partial charge in [-0.05, 0) is 35.6 Å². The van der Waals surface area contributed by atoms with Gasteiger partial charge in [-0.2, -0.15) is 0 Å². The summed E-state index contributed by atoms with van der Waals surface area (Å²) in [5, 5.41) is 14.0. The Morgan fingerprint density at radius 3 is 2.19 bits per heavy atom. The van der Waals surface area contributed by atoms with Gasteiger partial charge in [0.05, 0.1) is 5.41 Å². The molecular formula is C25H28N2O5. The van der Waals surface area contributed by atoms with Crippen LogP contribution in [-0.4, -0.2) is 42.8 Å². The summed E-state index contributed by atoms with van der Waals surface area (Å²) in [6, 6.07) is 16.2. The van der Waals surface area contributed by atoms with Crippen LogP contribution in [0.4, 0.5) is 4.79 Å². The average molecular weight is 437 g/mol. The van der Waals surface area contributed by atoms with Gasteiger partial charge in [-0.3, -0.25) is 4.79 Å². The number of alkyl carbamates (subject to hydrolysis) is 1. The Labute approximate surface area is 187 Å². The Morgan fingerprint density at radius 2 is 1.62 bits per heavy atom. The molecule has 0 saturated heterocycles. The summed E-state index contributed by atoms with van der Waals surface area (Å²) in [7, 11) is 0. The zero-order valence-electron chi connectivity index (χ0n) is 18.3. The number of carbonyl (C=O) groups is 3. The topological polar surface area (TPSA) is 105 Å². The minimum Gasteiger partial charge on any atom is -0.478 e. The number of aliphatic carboxylic acids is 1. The fraction of sp³-hybridized carbons (Fsp3) is 0.320. The molecule has 1 unspecified atom stereocenters. The molecular weight excluding hydrogens is 408 g/mol. The van der Waals surface area contributed by atoms with Gasteiger partial charge < -0.3 is 20.5 Å². The van der Waals surface area contributed by atoms with E-state index in [2.05, 4.69) is 34.9 Å². The number of fused-ring (bicyclic) bond motifs is 3. The van der Waals surface area contributed by atoms with E-state index in [4.69, 9.17) is 9.84 Å². The maximum atomic E-state index is 12.5. The van der Waals surface area contributed by atoms with Crippen molar-refractivity contribution in [1.29, 1.82) is 0 Å². The van der Waals surface area contributed by atoms with Crippen LogP contribution in [0.25, 0.3) is 11.1 Å². The molecule has 0 radical (unpaired) electrons. The monoisotopic (exact) mass is 436 g/mol. The van der Waals surface area contributed by atoms with Gasteiger partial charge in [0.2, 0.25) is 5.91 Å². The molecule has 2 aromatic rings. The first-order chi connectivity index (χ1) is 15.4. The van der Waals surface area contributed by atoms with E-state index >= 15 is 0 Å². The number of benzene rings is 2. The molecule has 2 aromatic carbocycles. The third-order valence-corrected chi connectivity index (χ3v) is 5.94. The lowest BCUT2D eigenvalue weighted by atomic mass is 9.86. The number of ether oxygens (including phenoxy) is 1. The van der Waals surface area contributed by atoms with Crippen molar-refractivity contribution in [3.8, 4) is 11.1 Å². The Morgan fingerprint density at radius 1 is 1.03 bits per heavy atom. The van der Waals surface area contributed by atoms with Crippen molar-refractivity contribution in [3.63, 3.8) is 0 Å². The van der Waals surface area contributed by atoms with E-state index in [1.54, 1.807) is 6.92 Å². The van der Waals surface area contributed by atoms with Crippen LogP contribution in [0.1, 0.15) is 37.3 Å². The lowest BCUT2D eigenvalue weighted by Gasteiger charge is -2.27. The first-order valence-corrected chi connectivity index (χ1v) is 10.6. The first-order valence-electron chi connectivity index (χ1n) is 10.6. The van der Waals surface area contributed by atoms with Crippen molar-refractivity contribution in [2.75, 3.05) is 19.7 Å². The molecule has 32 heavy (non-hydrogen) atoms. The third kappa shape index (κ3) is 5.17. The van der Waals surface area contributed by atoms with E-state index in [0.717, 1.165) is 28.3 Å². The lowest BCUT2D eigenvalue weighted by molar-refractivity contribution is -0.132. The summed E-state index contributed by atoms with van der Waals surface area (Å²) >= 11 is 0. The molecule has 0 aromatic heterocycles. The molecule has 1 aliphatic carbocycles. The van der Waals surface area contributed by atoms with Crippen LogP contribution in [0, 0.1) is 5.41 Å². The van der Waals surface area contributed by atoms with Crippen molar-refractivity contribution < 1.29 is 24.2 Å². The second kappa shape index (κ2) is 10.1. The molecule has 0 aliphatic heterocycles. The summed E-state index contributed by atoms with van der Waals surface area (Å²) in [6.45, 7) is 4.01. The van der Waals surface area contributed by atoms with Crippen LogP contribution in [-0.2, 0) is 14.3 Å². The zero-order valence-corrected chi connectivity index (χ0v) is 18.3. The zero-order chi connectivity index (χ0) is 23.1. The number of rotatable bonds is 9. The second-order valence-electron chi connectivity index (χ2n) is 8.04. The van der Waals surface area contributed by atoms with E-state index in [9.17, 15) is 14.4 Å². The third-order valence-electron chi connectivity index (χ3n) is 5.94. The van der Waals surface area contributed by atoms with Crippen LogP contribution in [0.15, 0.2) is 60.7 Å². The Bertz CT molecular complexity index is 987. The molecule has 2 amide bonds. The number of hydrogen-bond acceptors (Lipinski definition) is 4. The fourth-order valence-corrected chi connectivity index (χ4v) is 3.81. The predicted octanol–water partition coefficient (Wildman–Crippen LogP) is 3.70. The molecule has 1 atom stereocenters. The van der Waals surface area contributed by atoms with Crippen LogP contribution >= 0.6 is 0 Å². The summed E-state index contributed by atoms with van der Waals surface area (Å²) in [5.41, 5.74) is 3.73. The Kier molecular flexibility index (Phi) is 7.30. The SMILES string of the molecule is CCC(C)(CNC(=O)OCC1c2ccccc2-c2ccccc21)C(=O)NC/C=C/C(=O)O. The van der Waals surface area contributed by atoms with E-state index in [1.165, 1.54) is 6.08 Å². The Hall–Kier alpha value is -3.61. The summed E-state index contributed by atoms with van der Waals surface area (Å²) in [4.78, 5) is 35.4. The number of carboxylic acids is 1. The first kappa shape index (κ1) is 23.1. The van der Waals surface area contributed by atoms with E-state index < -0.39 is 17.5 Å². The molecule has 3 N–H and O–H groups in total. The molecule has 3 rings (SSSR count).